The zero-order chi connectivity index (χ0) is 11.5. The molecule has 0 bridgehead atoms. The van der Waals surface area contributed by atoms with Crippen molar-refractivity contribution < 1.29 is 4.39 Å². The molecule has 0 aliphatic rings. The first-order valence-corrected chi connectivity index (χ1v) is 5.21. The topological polar surface area (TPSA) is 0 Å². The van der Waals surface area contributed by atoms with Crippen LogP contribution in [-0.2, 0) is 0 Å². The summed E-state index contributed by atoms with van der Waals surface area (Å²) in [6, 6.07) is 13.0. The Kier molecular flexibility index (Phi) is 2.86. The van der Waals surface area contributed by atoms with Crippen molar-refractivity contribution in [3.05, 3.63) is 66.0 Å². The molecule has 0 nitrogen and oxygen atoms in total. The quantitative estimate of drug-likeness (QED) is 0.690. The van der Waals surface area contributed by atoms with E-state index in [4.69, 9.17) is 0 Å². The number of hydrogen-bond acceptors (Lipinski definition) is 0. The Balaban J connectivity index is 2.67. The first-order chi connectivity index (χ1) is 7.74. The van der Waals surface area contributed by atoms with Crippen molar-refractivity contribution in [2.75, 3.05) is 0 Å². The highest BCUT2D eigenvalue weighted by atomic mass is 19.1. The fourth-order valence-electron chi connectivity index (χ4n) is 1.82. The molecular formula is C15H13F. The molecule has 16 heavy (non-hydrogen) atoms. The maximum Gasteiger partial charge on any atom is 0.126 e. The Morgan fingerprint density at radius 2 is 1.69 bits per heavy atom. The Bertz CT molecular complexity index is 527. The van der Waals surface area contributed by atoms with Gasteiger partial charge >= 0.3 is 0 Å². The normalized spacial score (nSPS) is 10.1. The highest BCUT2D eigenvalue weighted by molar-refractivity contribution is 5.76. The maximum atomic E-state index is 13.5. The van der Waals surface area contributed by atoms with Crippen LogP contribution in [0.3, 0.4) is 0 Å². The summed E-state index contributed by atoms with van der Waals surface area (Å²) in [5.74, 6) is -0.170. The highest BCUT2D eigenvalue weighted by Gasteiger charge is 2.07. The summed E-state index contributed by atoms with van der Waals surface area (Å²) in [5, 5.41) is 0. The van der Waals surface area contributed by atoms with Crippen LogP contribution in [0.15, 0.2) is 49.0 Å². The summed E-state index contributed by atoms with van der Waals surface area (Å²) < 4.78 is 13.5. The average Bonchev–Trinajstić information content (AvgIpc) is 2.33. The number of rotatable bonds is 2. The molecule has 2 aromatic rings. The van der Waals surface area contributed by atoms with Crippen molar-refractivity contribution in [2.24, 2.45) is 0 Å². The summed E-state index contributed by atoms with van der Waals surface area (Å²) in [7, 11) is 0. The minimum Gasteiger partial charge on any atom is -0.207 e. The molecule has 0 heterocycles. The lowest BCUT2D eigenvalue weighted by atomic mass is 9.96. The number of benzene rings is 2. The van der Waals surface area contributed by atoms with Crippen LogP contribution < -0.4 is 0 Å². The molecule has 0 saturated heterocycles. The minimum absolute atomic E-state index is 0.170. The van der Waals surface area contributed by atoms with E-state index in [0.717, 1.165) is 16.7 Å². The van der Waals surface area contributed by atoms with E-state index in [1.165, 1.54) is 6.07 Å². The van der Waals surface area contributed by atoms with Gasteiger partial charge in [-0.15, -0.1) is 0 Å². The van der Waals surface area contributed by atoms with Gasteiger partial charge in [-0.2, -0.15) is 0 Å². The lowest BCUT2D eigenvalue weighted by molar-refractivity contribution is 0.619. The first kappa shape index (κ1) is 10.6. The van der Waals surface area contributed by atoms with Crippen LogP contribution in [0.25, 0.3) is 17.2 Å². The molecular weight excluding hydrogens is 199 g/mol. The van der Waals surface area contributed by atoms with Crippen LogP contribution in [0.1, 0.15) is 11.1 Å². The van der Waals surface area contributed by atoms with Crippen LogP contribution in [0.5, 0.6) is 0 Å². The molecule has 0 spiro atoms. The second kappa shape index (κ2) is 4.31. The van der Waals surface area contributed by atoms with E-state index < -0.39 is 0 Å². The molecule has 2 aromatic carbocycles. The average molecular weight is 212 g/mol. The zero-order valence-corrected chi connectivity index (χ0v) is 9.20. The van der Waals surface area contributed by atoms with Gasteiger partial charge in [-0.25, -0.2) is 4.39 Å². The van der Waals surface area contributed by atoms with Gasteiger partial charge in [0.25, 0.3) is 0 Å². The fraction of sp³-hybridized carbons (Fsp3) is 0.0667. The SMILES string of the molecule is C=Cc1ccccc1-c1cccc(F)c1C. The molecule has 80 valence electrons. The van der Waals surface area contributed by atoms with Crippen LogP contribution in [0.4, 0.5) is 4.39 Å². The first-order valence-electron chi connectivity index (χ1n) is 5.21. The molecule has 0 atom stereocenters. The van der Waals surface area contributed by atoms with Gasteiger partial charge in [0.15, 0.2) is 0 Å². The van der Waals surface area contributed by atoms with Gasteiger partial charge in [0, 0.05) is 0 Å². The lowest BCUT2D eigenvalue weighted by Crippen LogP contribution is -1.89. The molecule has 0 saturated carbocycles. The predicted molar refractivity (Wildman–Crippen MR) is 66.7 cm³/mol. The van der Waals surface area contributed by atoms with Crippen molar-refractivity contribution in [3.63, 3.8) is 0 Å². The van der Waals surface area contributed by atoms with Gasteiger partial charge in [0.05, 0.1) is 0 Å². The van der Waals surface area contributed by atoms with Crippen LogP contribution >= 0.6 is 0 Å². The second-order valence-corrected chi connectivity index (χ2v) is 3.70. The van der Waals surface area contributed by atoms with Crippen molar-refractivity contribution in [2.45, 2.75) is 6.92 Å². The molecule has 0 aliphatic heterocycles. The van der Waals surface area contributed by atoms with Crippen molar-refractivity contribution in [1.82, 2.24) is 0 Å². The van der Waals surface area contributed by atoms with Gasteiger partial charge in [-0.05, 0) is 35.2 Å². The van der Waals surface area contributed by atoms with E-state index >= 15 is 0 Å². The number of hydrogen-bond donors (Lipinski definition) is 0. The zero-order valence-electron chi connectivity index (χ0n) is 9.20. The van der Waals surface area contributed by atoms with E-state index in [9.17, 15) is 4.39 Å². The smallest absolute Gasteiger partial charge is 0.126 e. The Morgan fingerprint density at radius 3 is 2.44 bits per heavy atom. The summed E-state index contributed by atoms with van der Waals surface area (Å²) in [4.78, 5) is 0. The Morgan fingerprint density at radius 1 is 1.00 bits per heavy atom. The summed E-state index contributed by atoms with van der Waals surface area (Å²) in [6.07, 6.45) is 1.79. The van der Waals surface area contributed by atoms with Crippen molar-refractivity contribution >= 4 is 6.08 Å². The molecule has 0 fully saturated rings. The molecule has 0 N–H and O–H groups in total. The van der Waals surface area contributed by atoms with Crippen LogP contribution in [0, 0.1) is 12.7 Å². The molecule has 1 heteroatoms. The summed E-state index contributed by atoms with van der Waals surface area (Å²) in [6.45, 7) is 5.57. The van der Waals surface area contributed by atoms with E-state index in [-0.39, 0.29) is 5.82 Å². The molecule has 0 aliphatic carbocycles. The van der Waals surface area contributed by atoms with E-state index in [0.29, 0.717) is 5.56 Å². The molecule has 0 unspecified atom stereocenters. The third kappa shape index (κ3) is 1.76. The van der Waals surface area contributed by atoms with Crippen LogP contribution in [-0.4, -0.2) is 0 Å². The molecule has 0 amide bonds. The third-order valence-electron chi connectivity index (χ3n) is 2.74. The van der Waals surface area contributed by atoms with Gasteiger partial charge in [0.2, 0.25) is 0 Å². The second-order valence-electron chi connectivity index (χ2n) is 3.70. The van der Waals surface area contributed by atoms with E-state index in [1.54, 1.807) is 19.1 Å². The van der Waals surface area contributed by atoms with Gasteiger partial charge in [0.1, 0.15) is 5.82 Å². The number of halogens is 1. The standard InChI is InChI=1S/C15H13F/c1-3-12-7-4-5-8-14(12)13-9-6-10-15(16)11(13)2/h3-10H,1H2,2H3. The fourth-order valence-corrected chi connectivity index (χ4v) is 1.82. The minimum atomic E-state index is -0.170. The molecule has 0 aromatic heterocycles. The lowest BCUT2D eigenvalue weighted by Gasteiger charge is -2.09. The van der Waals surface area contributed by atoms with Crippen LogP contribution in [0.2, 0.25) is 0 Å². The van der Waals surface area contributed by atoms with Gasteiger partial charge in [-0.1, -0.05) is 49.1 Å². The summed E-state index contributed by atoms with van der Waals surface area (Å²) >= 11 is 0. The molecule has 2 rings (SSSR count). The molecule has 0 radical (unpaired) electrons. The summed E-state index contributed by atoms with van der Waals surface area (Å²) in [5.41, 5.74) is 3.65. The Labute approximate surface area is 95.1 Å². The predicted octanol–water partition coefficient (Wildman–Crippen LogP) is 4.44. The van der Waals surface area contributed by atoms with E-state index in [1.807, 2.05) is 30.3 Å². The van der Waals surface area contributed by atoms with Gasteiger partial charge < -0.3 is 0 Å². The maximum absolute atomic E-state index is 13.5. The van der Waals surface area contributed by atoms with Gasteiger partial charge in [-0.3, -0.25) is 0 Å². The third-order valence-corrected chi connectivity index (χ3v) is 2.74. The highest BCUT2D eigenvalue weighted by Crippen LogP contribution is 2.28. The van der Waals surface area contributed by atoms with E-state index in [2.05, 4.69) is 6.58 Å². The Hall–Kier alpha value is -1.89. The van der Waals surface area contributed by atoms with Crippen molar-refractivity contribution in [3.8, 4) is 11.1 Å². The largest absolute Gasteiger partial charge is 0.207 e. The van der Waals surface area contributed by atoms with Crippen molar-refractivity contribution in [1.29, 1.82) is 0 Å². The monoisotopic (exact) mass is 212 g/mol.